The van der Waals surface area contributed by atoms with Crippen molar-refractivity contribution in [1.29, 1.82) is 0 Å². The molecule has 2 aliphatic heterocycles. The van der Waals surface area contributed by atoms with Gasteiger partial charge in [-0.15, -0.1) is 6.58 Å². The van der Waals surface area contributed by atoms with E-state index in [9.17, 15) is 4.79 Å². The molecule has 2 heterocycles. The summed E-state index contributed by atoms with van der Waals surface area (Å²) in [6, 6.07) is 0.396. The molecule has 0 N–H and O–H groups in total. The lowest BCUT2D eigenvalue weighted by Crippen LogP contribution is -2.36. The summed E-state index contributed by atoms with van der Waals surface area (Å²) in [6.45, 7) is 3.74. The van der Waals surface area contributed by atoms with Gasteiger partial charge in [0.25, 0.3) is 0 Å². The number of rotatable bonds is 2. The first-order valence-corrected chi connectivity index (χ1v) is 4.95. The van der Waals surface area contributed by atoms with E-state index in [1.807, 2.05) is 11.0 Å². The third-order valence-electron chi connectivity index (χ3n) is 2.86. The fourth-order valence-corrected chi connectivity index (χ4v) is 2.26. The summed E-state index contributed by atoms with van der Waals surface area (Å²) in [5, 5.41) is 0. The van der Waals surface area contributed by atoms with Crippen LogP contribution in [0, 0.1) is 0 Å². The van der Waals surface area contributed by atoms with Crippen molar-refractivity contribution >= 4 is 5.91 Å². The quantitative estimate of drug-likeness (QED) is 0.592. The van der Waals surface area contributed by atoms with Gasteiger partial charge in [-0.1, -0.05) is 12.2 Å². The van der Waals surface area contributed by atoms with Crippen molar-refractivity contribution in [3.8, 4) is 0 Å². The fourth-order valence-electron chi connectivity index (χ4n) is 2.26. The van der Waals surface area contributed by atoms with E-state index in [2.05, 4.69) is 12.7 Å². The SMILES string of the molecule is C=CCC1CCC=C2CCC(=O)N21. The van der Waals surface area contributed by atoms with Gasteiger partial charge in [-0.25, -0.2) is 0 Å². The Kier molecular flexibility index (Phi) is 2.21. The molecule has 0 radical (unpaired) electrons. The number of hydrogen-bond acceptors (Lipinski definition) is 1. The Morgan fingerprint density at radius 3 is 3.23 bits per heavy atom. The Hall–Kier alpha value is -1.05. The van der Waals surface area contributed by atoms with Gasteiger partial charge in [0.05, 0.1) is 0 Å². The Morgan fingerprint density at radius 1 is 1.62 bits per heavy atom. The zero-order valence-corrected chi connectivity index (χ0v) is 7.83. The van der Waals surface area contributed by atoms with Gasteiger partial charge in [0, 0.05) is 18.2 Å². The average Bonchev–Trinajstić information content (AvgIpc) is 2.50. The lowest BCUT2D eigenvalue weighted by atomic mass is 10.0. The molecule has 2 rings (SSSR count). The first-order chi connectivity index (χ1) is 6.33. The standard InChI is InChI=1S/C11H15NO/c1-2-4-9-5-3-6-10-7-8-11(13)12(9)10/h2,6,9H,1,3-5,7-8H2. The van der Waals surface area contributed by atoms with Crippen molar-refractivity contribution in [1.82, 2.24) is 4.90 Å². The van der Waals surface area contributed by atoms with Crippen LogP contribution in [0.15, 0.2) is 24.4 Å². The van der Waals surface area contributed by atoms with Crippen LogP contribution in [-0.4, -0.2) is 16.8 Å². The molecular formula is C11H15NO. The summed E-state index contributed by atoms with van der Waals surface area (Å²) in [7, 11) is 0. The lowest BCUT2D eigenvalue weighted by Gasteiger charge is -2.31. The monoisotopic (exact) mass is 177 g/mol. The summed E-state index contributed by atoms with van der Waals surface area (Å²) in [4.78, 5) is 13.5. The minimum Gasteiger partial charge on any atom is -0.313 e. The van der Waals surface area contributed by atoms with Gasteiger partial charge in [-0.2, -0.15) is 0 Å². The molecule has 1 amide bonds. The molecule has 1 saturated heterocycles. The molecule has 2 aliphatic rings. The molecule has 1 unspecified atom stereocenters. The average molecular weight is 177 g/mol. The Bertz CT molecular complexity index is 267. The third kappa shape index (κ3) is 1.41. The van der Waals surface area contributed by atoms with Gasteiger partial charge in [-0.05, 0) is 25.7 Å². The second kappa shape index (κ2) is 3.36. The Labute approximate surface area is 78.9 Å². The molecule has 0 spiro atoms. The van der Waals surface area contributed by atoms with E-state index in [4.69, 9.17) is 0 Å². The van der Waals surface area contributed by atoms with Crippen LogP contribution in [0.25, 0.3) is 0 Å². The largest absolute Gasteiger partial charge is 0.313 e. The Balaban J connectivity index is 2.19. The number of fused-ring (bicyclic) bond motifs is 1. The summed E-state index contributed by atoms with van der Waals surface area (Å²) < 4.78 is 0. The molecule has 2 heteroatoms. The van der Waals surface area contributed by atoms with Gasteiger partial charge in [0.1, 0.15) is 0 Å². The lowest BCUT2D eigenvalue weighted by molar-refractivity contribution is -0.128. The molecule has 13 heavy (non-hydrogen) atoms. The van der Waals surface area contributed by atoms with E-state index in [-0.39, 0.29) is 0 Å². The molecule has 0 saturated carbocycles. The molecule has 0 aromatic heterocycles. The van der Waals surface area contributed by atoms with Gasteiger partial charge in [-0.3, -0.25) is 4.79 Å². The number of carbonyl (C=O) groups excluding carboxylic acids is 1. The predicted octanol–water partition coefficient (Wildman–Crippen LogP) is 2.23. The second-order valence-corrected chi connectivity index (χ2v) is 3.71. The van der Waals surface area contributed by atoms with Crippen molar-refractivity contribution in [3.63, 3.8) is 0 Å². The number of nitrogens with zero attached hydrogens (tertiary/aromatic N) is 1. The Morgan fingerprint density at radius 2 is 2.46 bits per heavy atom. The van der Waals surface area contributed by atoms with Gasteiger partial charge in [0.2, 0.25) is 5.91 Å². The van der Waals surface area contributed by atoms with Gasteiger partial charge >= 0.3 is 0 Å². The minimum atomic E-state index is 0.304. The maximum Gasteiger partial charge on any atom is 0.227 e. The predicted molar refractivity (Wildman–Crippen MR) is 52.0 cm³/mol. The van der Waals surface area contributed by atoms with E-state index in [0.29, 0.717) is 18.4 Å². The molecule has 1 atom stereocenters. The van der Waals surface area contributed by atoms with E-state index in [0.717, 1.165) is 25.7 Å². The molecule has 1 fully saturated rings. The summed E-state index contributed by atoms with van der Waals surface area (Å²) in [5.41, 5.74) is 1.25. The summed E-state index contributed by atoms with van der Waals surface area (Å²) >= 11 is 0. The highest BCUT2D eigenvalue weighted by Crippen LogP contribution is 2.32. The first kappa shape index (κ1) is 8.54. The third-order valence-corrected chi connectivity index (χ3v) is 2.86. The van der Waals surface area contributed by atoms with Crippen LogP contribution in [0.2, 0.25) is 0 Å². The van der Waals surface area contributed by atoms with Crippen LogP contribution in [0.1, 0.15) is 32.1 Å². The fraction of sp³-hybridized carbons (Fsp3) is 0.545. The zero-order valence-electron chi connectivity index (χ0n) is 7.83. The molecule has 0 aliphatic carbocycles. The van der Waals surface area contributed by atoms with Crippen molar-refractivity contribution < 1.29 is 4.79 Å². The molecule has 0 aromatic rings. The van der Waals surface area contributed by atoms with Crippen LogP contribution < -0.4 is 0 Å². The van der Waals surface area contributed by atoms with Crippen molar-refractivity contribution in [2.45, 2.75) is 38.1 Å². The molecule has 0 bridgehead atoms. The van der Waals surface area contributed by atoms with Gasteiger partial charge < -0.3 is 4.90 Å². The molecule has 0 aromatic carbocycles. The van der Waals surface area contributed by atoms with Crippen LogP contribution in [0.4, 0.5) is 0 Å². The van der Waals surface area contributed by atoms with E-state index in [1.54, 1.807) is 0 Å². The molecular weight excluding hydrogens is 162 g/mol. The highest BCUT2D eigenvalue weighted by molar-refractivity contribution is 5.81. The minimum absolute atomic E-state index is 0.304. The maximum absolute atomic E-state index is 11.5. The number of hydrogen-bond donors (Lipinski definition) is 0. The van der Waals surface area contributed by atoms with E-state index >= 15 is 0 Å². The van der Waals surface area contributed by atoms with Crippen LogP contribution >= 0.6 is 0 Å². The van der Waals surface area contributed by atoms with Gasteiger partial charge in [0.15, 0.2) is 0 Å². The van der Waals surface area contributed by atoms with Crippen LogP contribution in [0.3, 0.4) is 0 Å². The molecule has 2 nitrogen and oxygen atoms in total. The van der Waals surface area contributed by atoms with E-state index in [1.165, 1.54) is 5.70 Å². The highest BCUT2D eigenvalue weighted by atomic mass is 16.2. The topological polar surface area (TPSA) is 20.3 Å². The number of allylic oxidation sites excluding steroid dienone is 2. The van der Waals surface area contributed by atoms with Crippen LogP contribution in [0.5, 0.6) is 0 Å². The number of amides is 1. The number of carbonyl (C=O) groups is 1. The highest BCUT2D eigenvalue weighted by Gasteiger charge is 2.32. The van der Waals surface area contributed by atoms with Crippen molar-refractivity contribution in [2.24, 2.45) is 0 Å². The zero-order chi connectivity index (χ0) is 9.26. The summed E-state index contributed by atoms with van der Waals surface area (Å²) in [6.07, 6.45) is 8.94. The van der Waals surface area contributed by atoms with E-state index < -0.39 is 0 Å². The summed E-state index contributed by atoms with van der Waals surface area (Å²) in [5.74, 6) is 0.304. The molecule has 70 valence electrons. The van der Waals surface area contributed by atoms with Crippen molar-refractivity contribution in [3.05, 3.63) is 24.4 Å². The first-order valence-electron chi connectivity index (χ1n) is 4.95. The van der Waals surface area contributed by atoms with Crippen LogP contribution in [-0.2, 0) is 4.79 Å². The smallest absolute Gasteiger partial charge is 0.227 e. The maximum atomic E-state index is 11.5. The van der Waals surface area contributed by atoms with Crippen molar-refractivity contribution in [2.75, 3.05) is 0 Å². The second-order valence-electron chi connectivity index (χ2n) is 3.71. The normalized spacial score (nSPS) is 27.1.